The third kappa shape index (κ3) is 5.06. The number of nitrogens with one attached hydrogen (secondary N) is 2. The fourth-order valence-electron chi connectivity index (χ4n) is 2.36. The van der Waals surface area contributed by atoms with Crippen LogP contribution >= 0.6 is 0 Å². The summed E-state index contributed by atoms with van der Waals surface area (Å²) in [4.78, 5) is 6.15. The van der Waals surface area contributed by atoms with Gasteiger partial charge in [0, 0.05) is 38.9 Å². The maximum atomic E-state index is 13.8. The summed E-state index contributed by atoms with van der Waals surface area (Å²) in [5, 5.41) is 10.6. The minimum Gasteiger partial charge on any atom is -0.352 e. The smallest absolute Gasteiger partial charge is 0.191 e. The molecule has 0 saturated heterocycles. The van der Waals surface area contributed by atoms with Crippen molar-refractivity contribution >= 4 is 5.96 Å². The minimum atomic E-state index is -0.175. The lowest BCUT2D eigenvalue weighted by molar-refractivity contribution is 0.392. The zero-order valence-electron chi connectivity index (χ0n) is 14.7. The topological polar surface area (TPSA) is 57.5 Å². The standard InChI is InChI=1S/C17H25FN6/c1-19-17(21-11-15-7-8-22-24(15)4)20-10-13-5-6-16(18)14(9-13)12-23(2)3/h5-9H,10-12H2,1-4H3,(H2,19,20,21). The molecule has 0 aliphatic carbocycles. The first-order chi connectivity index (χ1) is 11.5. The van der Waals surface area contributed by atoms with Crippen LogP contribution in [0.1, 0.15) is 16.8 Å². The van der Waals surface area contributed by atoms with E-state index in [1.165, 1.54) is 6.07 Å². The zero-order valence-corrected chi connectivity index (χ0v) is 14.7. The maximum Gasteiger partial charge on any atom is 0.191 e. The maximum absolute atomic E-state index is 13.8. The summed E-state index contributed by atoms with van der Waals surface area (Å²) in [5.74, 6) is 0.515. The van der Waals surface area contributed by atoms with E-state index in [9.17, 15) is 4.39 Å². The lowest BCUT2D eigenvalue weighted by atomic mass is 10.1. The molecule has 0 atom stereocenters. The molecule has 2 N–H and O–H groups in total. The second-order valence-electron chi connectivity index (χ2n) is 5.89. The van der Waals surface area contributed by atoms with Crippen molar-refractivity contribution in [3.05, 3.63) is 53.1 Å². The molecule has 130 valence electrons. The van der Waals surface area contributed by atoms with E-state index in [1.54, 1.807) is 19.3 Å². The fraction of sp³-hybridized carbons (Fsp3) is 0.412. The Morgan fingerprint density at radius 2 is 2.00 bits per heavy atom. The highest BCUT2D eigenvalue weighted by Crippen LogP contribution is 2.12. The Bertz CT molecular complexity index is 692. The number of aromatic nitrogens is 2. The molecule has 0 spiro atoms. The van der Waals surface area contributed by atoms with E-state index < -0.39 is 0 Å². The van der Waals surface area contributed by atoms with Crippen LogP contribution in [0.4, 0.5) is 4.39 Å². The van der Waals surface area contributed by atoms with Crippen LogP contribution in [0, 0.1) is 5.82 Å². The highest BCUT2D eigenvalue weighted by Gasteiger charge is 2.06. The normalized spacial score (nSPS) is 11.8. The highest BCUT2D eigenvalue weighted by atomic mass is 19.1. The number of hydrogen-bond donors (Lipinski definition) is 2. The van der Waals surface area contributed by atoms with Gasteiger partial charge in [-0.2, -0.15) is 5.10 Å². The van der Waals surface area contributed by atoms with Crippen LogP contribution in [0.2, 0.25) is 0 Å². The van der Waals surface area contributed by atoms with Gasteiger partial charge < -0.3 is 15.5 Å². The summed E-state index contributed by atoms with van der Waals surface area (Å²) in [7, 11) is 7.47. The van der Waals surface area contributed by atoms with Gasteiger partial charge in [-0.15, -0.1) is 0 Å². The van der Waals surface area contributed by atoms with Crippen molar-refractivity contribution in [2.45, 2.75) is 19.6 Å². The van der Waals surface area contributed by atoms with Crippen LogP contribution in [-0.4, -0.2) is 41.8 Å². The average molecular weight is 332 g/mol. The lowest BCUT2D eigenvalue weighted by Crippen LogP contribution is -2.36. The highest BCUT2D eigenvalue weighted by molar-refractivity contribution is 5.79. The monoisotopic (exact) mass is 332 g/mol. The van der Waals surface area contributed by atoms with Crippen LogP contribution in [0.3, 0.4) is 0 Å². The average Bonchev–Trinajstić information content (AvgIpc) is 2.95. The molecule has 2 aromatic rings. The van der Waals surface area contributed by atoms with Crippen molar-refractivity contribution in [1.29, 1.82) is 0 Å². The molecule has 6 nitrogen and oxygen atoms in total. The van der Waals surface area contributed by atoms with E-state index in [0.29, 0.717) is 31.2 Å². The van der Waals surface area contributed by atoms with E-state index >= 15 is 0 Å². The van der Waals surface area contributed by atoms with Crippen molar-refractivity contribution in [1.82, 2.24) is 25.3 Å². The Hall–Kier alpha value is -2.41. The molecule has 0 aliphatic heterocycles. The number of aliphatic imine (C=N–C) groups is 1. The molecule has 0 aliphatic rings. The predicted molar refractivity (Wildman–Crippen MR) is 94.0 cm³/mol. The fourth-order valence-corrected chi connectivity index (χ4v) is 2.36. The van der Waals surface area contributed by atoms with Gasteiger partial charge in [-0.05, 0) is 37.9 Å². The first kappa shape index (κ1) is 17.9. The van der Waals surface area contributed by atoms with Gasteiger partial charge in [-0.1, -0.05) is 6.07 Å². The van der Waals surface area contributed by atoms with Crippen LogP contribution in [0.15, 0.2) is 35.5 Å². The molecule has 0 saturated carbocycles. The Labute approximate surface area is 142 Å². The number of nitrogens with zero attached hydrogens (tertiary/aromatic N) is 4. The van der Waals surface area contributed by atoms with Gasteiger partial charge in [0.1, 0.15) is 5.82 Å². The molecule has 0 fully saturated rings. The Morgan fingerprint density at radius 3 is 2.62 bits per heavy atom. The van der Waals surface area contributed by atoms with Crippen molar-refractivity contribution in [3.63, 3.8) is 0 Å². The summed E-state index contributed by atoms with van der Waals surface area (Å²) in [6.45, 7) is 1.78. The number of aryl methyl sites for hydroxylation is 1. The quantitative estimate of drug-likeness (QED) is 0.622. The number of hydrogen-bond acceptors (Lipinski definition) is 3. The Morgan fingerprint density at radius 1 is 1.25 bits per heavy atom. The first-order valence-corrected chi connectivity index (χ1v) is 7.83. The van der Waals surface area contributed by atoms with Crippen molar-refractivity contribution in [3.8, 4) is 0 Å². The minimum absolute atomic E-state index is 0.175. The molecule has 2 rings (SSSR count). The van der Waals surface area contributed by atoms with E-state index in [4.69, 9.17) is 0 Å². The van der Waals surface area contributed by atoms with Crippen molar-refractivity contribution in [2.24, 2.45) is 12.0 Å². The molecular formula is C17H25FN6. The summed E-state index contributed by atoms with van der Waals surface area (Å²) in [5.41, 5.74) is 2.77. The van der Waals surface area contributed by atoms with Gasteiger partial charge in [0.05, 0.1) is 12.2 Å². The molecule has 7 heteroatoms. The van der Waals surface area contributed by atoms with Gasteiger partial charge in [0.15, 0.2) is 5.96 Å². The third-order valence-electron chi connectivity index (χ3n) is 3.64. The summed E-state index contributed by atoms with van der Waals surface area (Å²) in [6, 6.07) is 7.14. The molecule has 1 aromatic heterocycles. The third-order valence-corrected chi connectivity index (χ3v) is 3.64. The summed E-state index contributed by atoms with van der Waals surface area (Å²) < 4.78 is 15.6. The zero-order chi connectivity index (χ0) is 17.5. The van der Waals surface area contributed by atoms with Crippen LogP contribution < -0.4 is 10.6 Å². The van der Waals surface area contributed by atoms with Crippen LogP contribution in [-0.2, 0) is 26.7 Å². The molecule has 0 unspecified atom stereocenters. The number of benzene rings is 1. The second-order valence-corrected chi connectivity index (χ2v) is 5.89. The van der Waals surface area contributed by atoms with E-state index in [-0.39, 0.29) is 5.82 Å². The number of rotatable bonds is 6. The summed E-state index contributed by atoms with van der Waals surface area (Å²) in [6.07, 6.45) is 1.76. The van der Waals surface area contributed by atoms with E-state index in [0.717, 1.165) is 11.3 Å². The van der Waals surface area contributed by atoms with Crippen LogP contribution in [0.25, 0.3) is 0 Å². The molecule has 1 aromatic carbocycles. The van der Waals surface area contributed by atoms with E-state index in [1.807, 2.05) is 42.9 Å². The number of halogens is 1. The predicted octanol–water partition coefficient (Wildman–Crippen LogP) is 1.49. The molecule has 0 amide bonds. The lowest BCUT2D eigenvalue weighted by Gasteiger charge is -2.14. The van der Waals surface area contributed by atoms with E-state index in [2.05, 4.69) is 20.7 Å². The van der Waals surface area contributed by atoms with Crippen LogP contribution in [0.5, 0.6) is 0 Å². The van der Waals surface area contributed by atoms with Crippen molar-refractivity contribution in [2.75, 3.05) is 21.1 Å². The molecule has 1 heterocycles. The Balaban J connectivity index is 1.92. The van der Waals surface area contributed by atoms with Gasteiger partial charge in [-0.25, -0.2) is 4.39 Å². The molecule has 0 radical (unpaired) electrons. The van der Waals surface area contributed by atoms with Gasteiger partial charge in [0.2, 0.25) is 0 Å². The molecule has 24 heavy (non-hydrogen) atoms. The van der Waals surface area contributed by atoms with Crippen molar-refractivity contribution < 1.29 is 4.39 Å². The largest absolute Gasteiger partial charge is 0.352 e. The summed E-state index contributed by atoms with van der Waals surface area (Å²) >= 11 is 0. The first-order valence-electron chi connectivity index (χ1n) is 7.83. The molecular weight excluding hydrogens is 307 g/mol. The SMILES string of the molecule is CN=C(NCc1ccc(F)c(CN(C)C)c1)NCc1ccnn1C. The van der Waals surface area contributed by atoms with Gasteiger partial charge >= 0.3 is 0 Å². The second kappa shape index (κ2) is 8.44. The number of guanidine groups is 1. The Kier molecular flexibility index (Phi) is 6.31. The molecule has 0 bridgehead atoms. The van der Waals surface area contributed by atoms with Gasteiger partial charge in [-0.3, -0.25) is 9.67 Å². The van der Waals surface area contributed by atoms with Gasteiger partial charge in [0.25, 0.3) is 0 Å².